The van der Waals surface area contributed by atoms with Crippen LogP contribution in [0.3, 0.4) is 0 Å². The van der Waals surface area contributed by atoms with E-state index in [1.807, 2.05) is 37.1 Å². The van der Waals surface area contributed by atoms with Crippen LogP contribution in [-0.2, 0) is 7.05 Å². The van der Waals surface area contributed by atoms with E-state index < -0.39 is 0 Å². The van der Waals surface area contributed by atoms with Gasteiger partial charge in [-0.1, -0.05) is 6.07 Å². The Balaban J connectivity index is 2.11. The smallest absolute Gasteiger partial charge is 0.174 e. The van der Waals surface area contributed by atoms with Gasteiger partial charge in [-0.2, -0.15) is 0 Å². The molecule has 0 aliphatic rings. The molecule has 0 saturated carbocycles. The van der Waals surface area contributed by atoms with Crippen molar-refractivity contribution in [3.05, 3.63) is 36.3 Å². The second kappa shape index (κ2) is 5.33. The predicted molar refractivity (Wildman–Crippen MR) is 69.0 cm³/mol. The van der Waals surface area contributed by atoms with E-state index in [1.165, 1.54) is 5.56 Å². The lowest BCUT2D eigenvalue weighted by molar-refractivity contribution is 0.648. The van der Waals surface area contributed by atoms with Crippen LogP contribution in [-0.4, -0.2) is 21.6 Å². The topological polar surface area (TPSA) is 42.7 Å². The van der Waals surface area contributed by atoms with Gasteiger partial charge in [0.2, 0.25) is 0 Å². The lowest BCUT2D eigenvalue weighted by atomic mass is 10.1. The minimum Gasteiger partial charge on any atom is -0.329 e. The number of hydrogen-bond acceptors (Lipinski definition) is 4. The lowest BCUT2D eigenvalue weighted by Crippen LogP contribution is -2.12. The van der Waals surface area contributed by atoms with Crippen LogP contribution in [0.15, 0.2) is 40.9 Å². The summed E-state index contributed by atoms with van der Waals surface area (Å²) in [5, 5.41) is 5.11. The third-order valence-electron chi connectivity index (χ3n) is 2.67. The molecule has 0 spiro atoms. The van der Waals surface area contributed by atoms with Crippen LogP contribution < -0.4 is 5.32 Å². The number of aromatic nitrogens is 3. The summed E-state index contributed by atoms with van der Waals surface area (Å²) in [7, 11) is 3.92. The normalized spacial score (nSPS) is 12.6. The predicted octanol–water partition coefficient (Wildman–Crippen LogP) is 2.25. The highest BCUT2D eigenvalue weighted by atomic mass is 32.2. The number of aryl methyl sites for hydroxylation is 1. The van der Waals surface area contributed by atoms with Crippen LogP contribution in [0.25, 0.3) is 0 Å². The molecule has 4 nitrogen and oxygen atoms in total. The zero-order valence-corrected chi connectivity index (χ0v) is 11.0. The Morgan fingerprint density at radius 1 is 1.35 bits per heavy atom. The molecule has 2 aromatic rings. The fraction of sp³-hybridized carbons (Fsp3) is 0.333. The molecule has 2 rings (SSSR count). The Labute approximate surface area is 105 Å². The molecule has 0 aromatic carbocycles. The van der Waals surface area contributed by atoms with Crippen LogP contribution in [0.5, 0.6) is 0 Å². The molecular formula is C12H16N4S. The summed E-state index contributed by atoms with van der Waals surface area (Å²) in [5.74, 6) is 0. The largest absolute Gasteiger partial charge is 0.329 e. The molecule has 1 atom stereocenters. The molecule has 2 heterocycles. The summed E-state index contributed by atoms with van der Waals surface area (Å²) in [4.78, 5) is 8.69. The highest BCUT2D eigenvalue weighted by molar-refractivity contribution is 7.99. The van der Waals surface area contributed by atoms with Gasteiger partial charge >= 0.3 is 0 Å². The zero-order chi connectivity index (χ0) is 12.3. The Bertz CT molecular complexity index is 478. The van der Waals surface area contributed by atoms with Gasteiger partial charge in [-0.25, -0.2) is 9.97 Å². The summed E-state index contributed by atoms with van der Waals surface area (Å²) in [6, 6.07) is 4.46. The summed E-state index contributed by atoms with van der Waals surface area (Å²) in [6.45, 7) is 2.11. The number of nitrogens with zero attached hydrogens (tertiary/aromatic N) is 3. The number of pyridine rings is 1. The first-order valence-electron chi connectivity index (χ1n) is 5.49. The maximum Gasteiger partial charge on any atom is 0.174 e. The van der Waals surface area contributed by atoms with Crippen molar-refractivity contribution in [1.82, 2.24) is 19.9 Å². The molecule has 0 aliphatic heterocycles. The van der Waals surface area contributed by atoms with Gasteiger partial charge in [-0.15, -0.1) is 0 Å². The van der Waals surface area contributed by atoms with Crippen molar-refractivity contribution in [3.63, 3.8) is 0 Å². The Hall–Kier alpha value is -1.33. The third kappa shape index (κ3) is 2.87. The standard InChI is InChI=1S/C12H16N4S/c1-9(13-2)10-4-5-11(15-8-10)17-12-14-6-7-16(12)3/h4-9,13H,1-3H3. The van der Waals surface area contributed by atoms with Gasteiger partial charge in [-0.05, 0) is 37.4 Å². The molecule has 0 fully saturated rings. The van der Waals surface area contributed by atoms with Crippen LogP contribution in [0.2, 0.25) is 0 Å². The van der Waals surface area contributed by atoms with Crippen molar-refractivity contribution >= 4 is 11.8 Å². The van der Waals surface area contributed by atoms with E-state index in [0.29, 0.717) is 6.04 Å². The summed E-state index contributed by atoms with van der Waals surface area (Å²) in [5.41, 5.74) is 1.19. The molecule has 0 radical (unpaired) electrons. The fourth-order valence-electron chi connectivity index (χ4n) is 1.42. The summed E-state index contributed by atoms with van der Waals surface area (Å²) in [6.07, 6.45) is 5.63. The number of nitrogens with one attached hydrogen (secondary N) is 1. The molecule has 5 heteroatoms. The van der Waals surface area contributed by atoms with E-state index in [4.69, 9.17) is 0 Å². The Morgan fingerprint density at radius 3 is 2.71 bits per heavy atom. The minimum atomic E-state index is 0.328. The second-order valence-corrected chi connectivity index (χ2v) is 4.85. The van der Waals surface area contributed by atoms with Crippen LogP contribution in [0, 0.1) is 0 Å². The average Bonchev–Trinajstić information content (AvgIpc) is 2.75. The number of imidazole rings is 1. The Morgan fingerprint density at radius 2 is 2.18 bits per heavy atom. The van der Waals surface area contributed by atoms with Gasteiger partial charge in [0.05, 0.1) is 0 Å². The van der Waals surface area contributed by atoms with Gasteiger partial charge in [0.15, 0.2) is 5.16 Å². The van der Waals surface area contributed by atoms with Crippen molar-refractivity contribution in [2.45, 2.75) is 23.1 Å². The van der Waals surface area contributed by atoms with E-state index in [0.717, 1.165) is 10.2 Å². The SMILES string of the molecule is CNC(C)c1ccc(Sc2nccn2C)nc1. The molecular weight excluding hydrogens is 232 g/mol. The molecule has 1 N–H and O–H groups in total. The quantitative estimate of drug-likeness (QED) is 0.901. The highest BCUT2D eigenvalue weighted by Gasteiger charge is 2.06. The molecule has 1 unspecified atom stereocenters. The first-order valence-corrected chi connectivity index (χ1v) is 6.30. The van der Waals surface area contributed by atoms with E-state index in [2.05, 4.69) is 28.3 Å². The fourth-order valence-corrected chi connectivity index (χ4v) is 2.17. The number of hydrogen-bond donors (Lipinski definition) is 1. The molecule has 0 aliphatic carbocycles. The first kappa shape index (κ1) is 12.1. The number of rotatable bonds is 4. The van der Waals surface area contributed by atoms with Crippen LogP contribution in [0.4, 0.5) is 0 Å². The van der Waals surface area contributed by atoms with E-state index in [9.17, 15) is 0 Å². The maximum absolute atomic E-state index is 4.43. The van der Waals surface area contributed by atoms with Crippen molar-refractivity contribution in [2.75, 3.05) is 7.05 Å². The van der Waals surface area contributed by atoms with Gasteiger partial charge in [0.1, 0.15) is 5.03 Å². The monoisotopic (exact) mass is 248 g/mol. The second-order valence-electron chi connectivity index (χ2n) is 3.86. The minimum absolute atomic E-state index is 0.328. The molecule has 17 heavy (non-hydrogen) atoms. The van der Waals surface area contributed by atoms with Crippen LogP contribution >= 0.6 is 11.8 Å². The van der Waals surface area contributed by atoms with E-state index in [1.54, 1.807) is 18.0 Å². The van der Waals surface area contributed by atoms with Crippen molar-refractivity contribution < 1.29 is 0 Å². The van der Waals surface area contributed by atoms with Gasteiger partial charge in [-0.3, -0.25) is 0 Å². The van der Waals surface area contributed by atoms with Gasteiger partial charge < -0.3 is 9.88 Å². The molecule has 2 aromatic heterocycles. The van der Waals surface area contributed by atoms with Crippen molar-refractivity contribution in [1.29, 1.82) is 0 Å². The maximum atomic E-state index is 4.43. The summed E-state index contributed by atoms with van der Waals surface area (Å²) >= 11 is 1.57. The zero-order valence-electron chi connectivity index (χ0n) is 10.2. The van der Waals surface area contributed by atoms with E-state index >= 15 is 0 Å². The van der Waals surface area contributed by atoms with Crippen molar-refractivity contribution in [2.24, 2.45) is 7.05 Å². The molecule has 0 bridgehead atoms. The average molecular weight is 248 g/mol. The Kier molecular flexibility index (Phi) is 3.81. The molecule has 0 saturated heterocycles. The van der Waals surface area contributed by atoms with E-state index in [-0.39, 0.29) is 0 Å². The van der Waals surface area contributed by atoms with Crippen LogP contribution in [0.1, 0.15) is 18.5 Å². The first-order chi connectivity index (χ1) is 8.20. The molecule has 90 valence electrons. The van der Waals surface area contributed by atoms with Gasteiger partial charge in [0, 0.05) is 31.7 Å². The van der Waals surface area contributed by atoms with Gasteiger partial charge in [0.25, 0.3) is 0 Å². The third-order valence-corrected chi connectivity index (χ3v) is 3.69. The summed E-state index contributed by atoms with van der Waals surface area (Å²) < 4.78 is 1.98. The lowest BCUT2D eigenvalue weighted by Gasteiger charge is -2.10. The highest BCUT2D eigenvalue weighted by Crippen LogP contribution is 2.24. The van der Waals surface area contributed by atoms with Crippen molar-refractivity contribution in [3.8, 4) is 0 Å². The molecule has 0 amide bonds.